The SMILES string of the molecule is COc1cc(OC)cc(C(=O)NCCCOC2CCCCC2)c1. The molecule has 0 atom stereocenters. The van der Waals surface area contributed by atoms with Gasteiger partial charge in [0.2, 0.25) is 0 Å². The number of rotatable bonds is 8. The molecule has 0 radical (unpaired) electrons. The van der Waals surface area contributed by atoms with Crippen LogP contribution in [0.3, 0.4) is 0 Å². The van der Waals surface area contributed by atoms with Gasteiger partial charge in [0.1, 0.15) is 11.5 Å². The van der Waals surface area contributed by atoms with E-state index in [1.54, 1.807) is 32.4 Å². The summed E-state index contributed by atoms with van der Waals surface area (Å²) in [6, 6.07) is 5.15. The fraction of sp³-hybridized carbons (Fsp3) is 0.611. The molecule has 0 heterocycles. The Kier molecular flexibility index (Phi) is 7.20. The van der Waals surface area contributed by atoms with E-state index in [-0.39, 0.29) is 5.91 Å². The van der Waals surface area contributed by atoms with Crippen molar-refractivity contribution >= 4 is 5.91 Å². The summed E-state index contributed by atoms with van der Waals surface area (Å²) in [6.07, 6.45) is 7.48. The Morgan fingerprint density at radius 2 is 1.74 bits per heavy atom. The molecular weight excluding hydrogens is 294 g/mol. The Bertz CT molecular complexity index is 476. The highest BCUT2D eigenvalue weighted by Gasteiger charge is 2.13. The van der Waals surface area contributed by atoms with Crippen LogP contribution in [-0.4, -0.2) is 39.4 Å². The molecule has 0 spiro atoms. The first-order valence-corrected chi connectivity index (χ1v) is 8.36. The molecule has 128 valence electrons. The van der Waals surface area contributed by atoms with Gasteiger partial charge in [0.15, 0.2) is 0 Å². The molecule has 5 heteroatoms. The molecule has 1 fully saturated rings. The second-order valence-electron chi connectivity index (χ2n) is 5.84. The van der Waals surface area contributed by atoms with Crippen molar-refractivity contribution in [1.29, 1.82) is 0 Å². The number of amides is 1. The maximum atomic E-state index is 12.2. The van der Waals surface area contributed by atoms with Crippen molar-refractivity contribution in [2.75, 3.05) is 27.4 Å². The van der Waals surface area contributed by atoms with Crippen molar-refractivity contribution < 1.29 is 19.0 Å². The molecule has 1 aromatic rings. The third-order valence-electron chi connectivity index (χ3n) is 4.13. The van der Waals surface area contributed by atoms with Crippen LogP contribution in [0.15, 0.2) is 18.2 Å². The van der Waals surface area contributed by atoms with Gasteiger partial charge >= 0.3 is 0 Å². The van der Waals surface area contributed by atoms with Gasteiger partial charge in [-0.05, 0) is 31.4 Å². The van der Waals surface area contributed by atoms with E-state index in [0.29, 0.717) is 36.3 Å². The number of benzene rings is 1. The van der Waals surface area contributed by atoms with Crippen LogP contribution in [0.4, 0.5) is 0 Å². The summed E-state index contributed by atoms with van der Waals surface area (Å²) in [4.78, 5) is 12.2. The normalized spacial score (nSPS) is 15.2. The van der Waals surface area contributed by atoms with Gasteiger partial charge in [0.25, 0.3) is 5.91 Å². The third-order valence-corrected chi connectivity index (χ3v) is 4.13. The lowest BCUT2D eigenvalue weighted by Gasteiger charge is -2.21. The molecule has 0 aromatic heterocycles. The van der Waals surface area contributed by atoms with E-state index in [2.05, 4.69) is 5.32 Å². The number of carbonyl (C=O) groups excluding carboxylic acids is 1. The standard InChI is InChI=1S/C18H27NO4/c1-21-16-11-14(12-17(13-16)22-2)18(20)19-9-6-10-23-15-7-4-3-5-8-15/h11-13,15H,3-10H2,1-2H3,(H,19,20). The largest absolute Gasteiger partial charge is 0.497 e. The monoisotopic (exact) mass is 321 g/mol. The van der Waals surface area contributed by atoms with Crippen LogP contribution < -0.4 is 14.8 Å². The summed E-state index contributed by atoms with van der Waals surface area (Å²) in [6.45, 7) is 1.30. The number of nitrogens with one attached hydrogen (secondary N) is 1. The van der Waals surface area contributed by atoms with E-state index in [9.17, 15) is 4.79 Å². The van der Waals surface area contributed by atoms with Gasteiger partial charge in [-0.1, -0.05) is 19.3 Å². The number of carbonyl (C=O) groups is 1. The quantitative estimate of drug-likeness (QED) is 0.747. The Balaban J connectivity index is 1.71. The van der Waals surface area contributed by atoms with Gasteiger partial charge in [-0.15, -0.1) is 0 Å². The molecule has 0 aliphatic heterocycles. The van der Waals surface area contributed by atoms with Crippen molar-refractivity contribution in [1.82, 2.24) is 5.32 Å². The maximum absolute atomic E-state index is 12.2. The molecule has 0 unspecified atom stereocenters. The first kappa shape index (κ1) is 17.6. The van der Waals surface area contributed by atoms with Crippen LogP contribution in [0.1, 0.15) is 48.9 Å². The summed E-state index contributed by atoms with van der Waals surface area (Å²) in [5.74, 6) is 1.09. The summed E-state index contributed by atoms with van der Waals surface area (Å²) >= 11 is 0. The summed E-state index contributed by atoms with van der Waals surface area (Å²) in [5, 5.41) is 2.91. The minimum atomic E-state index is -0.125. The van der Waals surface area contributed by atoms with Gasteiger partial charge < -0.3 is 19.5 Å². The lowest BCUT2D eigenvalue weighted by molar-refractivity contribution is 0.0273. The number of hydrogen-bond donors (Lipinski definition) is 1. The zero-order chi connectivity index (χ0) is 16.5. The molecule has 1 N–H and O–H groups in total. The topological polar surface area (TPSA) is 56.8 Å². The Morgan fingerprint density at radius 1 is 1.09 bits per heavy atom. The predicted molar refractivity (Wildman–Crippen MR) is 89.3 cm³/mol. The minimum absolute atomic E-state index is 0.125. The van der Waals surface area contributed by atoms with E-state index in [1.807, 2.05) is 0 Å². The summed E-state index contributed by atoms with van der Waals surface area (Å²) in [7, 11) is 3.14. The molecule has 2 rings (SSSR count). The van der Waals surface area contributed by atoms with Gasteiger partial charge in [-0.2, -0.15) is 0 Å². The highest BCUT2D eigenvalue weighted by molar-refractivity contribution is 5.95. The number of ether oxygens (including phenoxy) is 3. The minimum Gasteiger partial charge on any atom is -0.497 e. The van der Waals surface area contributed by atoms with Gasteiger partial charge in [0, 0.05) is 24.8 Å². The highest BCUT2D eigenvalue weighted by Crippen LogP contribution is 2.22. The summed E-state index contributed by atoms with van der Waals surface area (Å²) in [5.41, 5.74) is 0.536. The van der Waals surface area contributed by atoms with Gasteiger partial charge in [0.05, 0.1) is 20.3 Å². The van der Waals surface area contributed by atoms with E-state index in [4.69, 9.17) is 14.2 Å². The molecular formula is C18H27NO4. The smallest absolute Gasteiger partial charge is 0.251 e. The molecule has 1 aromatic carbocycles. The first-order chi connectivity index (χ1) is 11.2. The summed E-state index contributed by atoms with van der Waals surface area (Å²) < 4.78 is 16.2. The highest BCUT2D eigenvalue weighted by atomic mass is 16.5. The molecule has 1 amide bonds. The maximum Gasteiger partial charge on any atom is 0.251 e. The molecule has 23 heavy (non-hydrogen) atoms. The van der Waals surface area contributed by atoms with Crippen molar-refractivity contribution in [3.63, 3.8) is 0 Å². The van der Waals surface area contributed by atoms with Gasteiger partial charge in [-0.25, -0.2) is 0 Å². The van der Waals surface area contributed by atoms with E-state index in [1.165, 1.54) is 32.1 Å². The molecule has 5 nitrogen and oxygen atoms in total. The lowest BCUT2D eigenvalue weighted by Crippen LogP contribution is -2.26. The second-order valence-corrected chi connectivity index (χ2v) is 5.84. The third kappa shape index (κ3) is 5.75. The van der Waals surface area contributed by atoms with E-state index in [0.717, 1.165) is 6.42 Å². The average molecular weight is 321 g/mol. The van der Waals surface area contributed by atoms with Crippen molar-refractivity contribution in [2.45, 2.75) is 44.6 Å². The molecule has 1 saturated carbocycles. The average Bonchev–Trinajstić information content (AvgIpc) is 2.61. The van der Waals surface area contributed by atoms with Crippen LogP contribution in [0.2, 0.25) is 0 Å². The predicted octanol–water partition coefficient (Wildman–Crippen LogP) is 3.17. The second kappa shape index (κ2) is 9.40. The van der Waals surface area contributed by atoms with Crippen LogP contribution in [-0.2, 0) is 4.74 Å². The van der Waals surface area contributed by atoms with Gasteiger partial charge in [-0.3, -0.25) is 4.79 Å². The zero-order valence-electron chi connectivity index (χ0n) is 14.1. The van der Waals surface area contributed by atoms with Crippen LogP contribution in [0.25, 0.3) is 0 Å². The van der Waals surface area contributed by atoms with Crippen LogP contribution in [0.5, 0.6) is 11.5 Å². The molecule has 1 aliphatic rings. The van der Waals surface area contributed by atoms with Crippen LogP contribution in [0, 0.1) is 0 Å². The molecule has 1 aliphatic carbocycles. The first-order valence-electron chi connectivity index (χ1n) is 8.36. The van der Waals surface area contributed by atoms with Crippen molar-refractivity contribution in [3.05, 3.63) is 23.8 Å². The van der Waals surface area contributed by atoms with Crippen molar-refractivity contribution in [3.8, 4) is 11.5 Å². The Morgan fingerprint density at radius 3 is 2.35 bits per heavy atom. The van der Waals surface area contributed by atoms with E-state index >= 15 is 0 Å². The fourth-order valence-corrected chi connectivity index (χ4v) is 2.80. The van der Waals surface area contributed by atoms with E-state index < -0.39 is 0 Å². The van der Waals surface area contributed by atoms with Crippen LogP contribution >= 0.6 is 0 Å². The number of methoxy groups -OCH3 is 2. The number of hydrogen-bond acceptors (Lipinski definition) is 4. The Hall–Kier alpha value is -1.75. The Labute approximate surface area is 138 Å². The zero-order valence-corrected chi connectivity index (χ0v) is 14.1. The van der Waals surface area contributed by atoms with Crippen molar-refractivity contribution in [2.24, 2.45) is 0 Å². The lowest BCUT2D eigenvalue weighted by atomic mass is 9.98. The molecule has 0 bridgehead atoms. The molecule has 0 saturated heterocycles. The fourth-order valence-electron chi connectivity index (χ4n) is 2.80.